The Balaban J connectivity index is 1.85. The van der Waals surface area contributed by atoms with Gasteiger partial charge in [0.05, 0.1) is 11.1 Å². The van der Waals surface area contributed by atoms with Crippen LogP contribution in [-0.2, 0) is 0 Å². The molecule has 3 aromatic rings. The van der Waals surface area contributed by atoms with E-state index in [1.165, 1.54) is 0 Å². The maximum atomic E-state index is 12.9. The van der Waals surface area contributed by atoms with Gasteiger partial charge in [-0.2, -0.15) is 0 Å². The minimum Gasteiger partial charge on any atom is -0.339 e. The van der Waals surface area contributed by atoms with Crippen molar-refractivity contribution in [3.8, 4) is 0 Å². The van der Waals surface area contributed by atoms with E-state index in [1.807, 2.05) is 45.9 Å². The largest absolute Gasteiger partial charge is 0.339 e. The number of nitrogens with zero attached hydrogens (tertiary/aromatic N) is 2. The number of pyridine rings is 1. The number of aryl methyl sites for hydroxylation is 2. The molecular formula is C23H25N3O2. The van der Waals surface area contributed by atoms with Crippen LogP contribution >= 0.6 is 0 Å². The van der Waals surface area contributed by atoms with Crippen molar-refractivity contribution < 1.29 is 9.59 Å². The van der Waals surface area contributed by atoms with E-state index >= 15 is 0 Å². The standard InChI is InChI=1S/C23H25N3O2/c1-5-26(6-2)23(28)17-8-10-18(11-9-17)25-22(27)20-14-16(4)24-21-12-7-15(3)13-19(20)21/h7-14H,5-6H2,1-4H3,(H,25,27). The van der Waals surface area contributed by atoms with Gasteiger partial charge in [0, 0.05) is 35.4 Å². The lowest BCUT2D eigenvalue weighted by Gasteiger charge is -2.18. The molecule has 1 aromatic heterocycles. The first-order valence-electron chi connectivity index (χ1n) is 9.51. The third-order valence-electron chi connectivity index (χ3n) is 4.78. The lowest BCUT2D eigenvalue weighted by molar-refractivity contribution is 0.0773. The van der Waals surface area contributed by atoms with Gasteiger partial charge in [0.1, 0.15) is 0 Å². The maximum Gasteiger partial charge on any atom is 0.256 e. The first kappa shape index (κ1) is 19.5. The van der Waals surface area contributed by atoms with Crippen LogP contribution in [0.15, 0.2) is 48.5 Å². The molecule has 2 amide bonds. The van der Waals surface area contributed by atoms with Gasteiger partial charge in [-0.25, -0.2) is 0 Å². The summed E-state index contributed by atoms with van der Waals surface area (Å²) in [6, 6.07) is 14.7. The van der Waals surface area contributed by atoms with Crippen LogP contribution in [0.3, 0.4) is 0 Å². The van der Waals surface area contributed by atoms with Gasteiger partial charge >= 0.3 is 0 Å². The van der Waals surface area contributed by atoms with E-state index in [0.717, 1.165) is 22.2 Å². The summed E-state index contributed by atoms with van der Waals surface area (Å²) in [6.45, 7) is 9.12. The second-order valence-corrected chi connectivity index (χ2v) is 6.84. The quantitative estimate of drug-likeness (QED) is 0.710. The number of benzene rings is 2. The normalized spacial score (nSPS) is 10.7. The van der Waals surface area contributed by atoms with Gasteiger partial charge < -0.3 is 10.2 Å². The number of anilines is 1. The van der Waals surface area contributed by atoms with Gasteiger partial charge in [0.2, 0.25) is 0 Å². The summed E-state index contributed by atoms with van der Waals surface area (Å²) >= 11 is 0. The smallest absolute Gasteiger partial charge is 0.256 e. The van der Waals surface area contributed by atoms with Crippen molar-refractivity contribution in [2.75, 3.05) is 18.4 Å². The van der Waals surface area contributed by atoms with Crippen molar-refractivity contribution in [3.63, 3.8) is 0 Å². The van der Waals surface area contributed by atoms with E-state index < -0.39 is 0 Å². The Morgan fingerprint density at radius 1 is 0.964 bits per heavy atom. The lowest BCUT2D eigenvalue weighted by Crippen LogP contribution is -2.30. The number of hydrogen-bond acceptors (Lipinski definition) is 3. The van der Waals surface area contributed by atoms with Crippen LogP contribution in [-0.4, -0.2) is 34.8 Å². The Bertz CT molecular complexity index is 1020. The van der Waals surface area contributed by atoms with Crippen molar-refractivity contribution in [2.45, 2.75) is 27.7 Å². The molecule has 0 radical (unpaired) electrons. The average molecular weight is 375 g/mol. The molecule has 1 heterocycles. The summed E-state index contributed by atoms with van der Waals surface area (Å²) in [5.41, 5.74) is 4.53. The van der Waals surface area contributed by atoms with Crippen LogP contribution in [0, 0.1) is 13.8 Å². The number of nitrogens with one attached hydrogen (secondary N) is 1. The third-order valence-corrected chi connectivity index (χ3v) is 4.78. The van der Waals surface area contributed by atoms with E-state index in [0.29, 0.717) is 29.9 Å². The van der Waals surface area contributed by atoms with Gasteiger partial charge in [0.25, 0.3) is 11.8 Å². The van der Waals surface area contributed by atoms with Gasteiger partial charge in [0.15, 0.2) is 0 Å². The first-order chi connectivity index (χ1) is 13.4. The van der Waals surface area contributed by atoms with E-state index in [4.69, 9.17) is 0 Å². The van der Waals surface area contributed by atoms with E-state index in [1.54, 1.807) is 35.2 Å². The van der Waals surface area contributed by atoms with Gasteiger partial charge in [-0.15, -0.1) is 0 Å². The van der Waals surface area contributed by atoms with Crippen LogP contribution in [0.2, 0.25) is 0 Å². The molecule has 0 bridgehead atoms. The number of aromatic nitrogens is 1. The van der Waals surface area contributed by atoms with Crippen molar-refractivity contribution in [3.05, 3.63) is 70.9 Å². The predicted molar refractivity (Wildman–Crippen MR) is 113 cm³/mol. The summed E-state index contributed by atoms with van der Waals surface area (Å²) in [5.74, 6) is -0.196. The zero-order valence-corrected chi connectivity index (χ0v) is 16.7. The third kappa shape index (κ3) is 4.03. The highest BCUT2D eigenvalue weighted by Gasteiger charge is 2.15. The summed E-state index contributed by atoms with van der Waals surface area (Å²) in [7, 11) is 0. The van der Waals surface area contributed by atoms with Crippen LogP contribution in [0.5, 0.6) is 0 Å². The van der Waals surface area contributed by atoms with Crippen LogP contribution in [0.25, 0.3) is 10.9 Å². The molecule has 0 unspecified atom stereocenters. The van der Waals surface area contributed by atoms with Gasteiger partial charge in [-0.05, 0) is 70.2 Å². The minimum absolute atomic E-state index is 0.00546. The van der Waals surface area contributed by atoms with E-state index in [2.05, 4.69) is 10.3 Å². The molecular weight excluding hydrogens is 350 g/mol. The van der Waals surface area contributed by atoms with Crippen molar-refractivity contribution in [1.29, 1.82) is 0 Å². The molecule has 0 atom stereocenters. The number of rotatable bonds is 5. The monoisotopic (exact) mass is 375 g/mol. The summed E-state index contributed by atoms with van der Waals surface area (Å²) in [4.78, 5) is 31.6. The van der Waals surface area contributed by atoms with Crippen molar-refractivity contribution in [2.24, 2.45) is 0 Å². The first-order valence-corrected chi connectivity index (χ1v) is 9.51. The number of hydrogen-bond donors (Lipinski definition) is 1. The predicted octanol–water partition coefficient (Wildman–Crippen LogP) is 4.59. The topological polar surface area (TPSA) is 62.3 Å². The van der Waals surface area contributed by atoms with Crippen LogP contribution < -0.4 is 5.32 Å². The highest BCUT2D eigenvalue weighted by Crippen LogP contribution is 2.21. The molecule has 5 nitrogen and oxygen atoms in total. The van der Waals surface area contributed by atoms with Gasteiger partial charge in [-0.3, -0.25) is 14.6 Å². The Hall–Kier alpha value is -3.21. The summed E-state index contributed by atoms with van der Waals surface area (Å²) in [5, 5.41) is 3.76. The number of carbonyl (C=O) groups excluding carboxylic acids is 2. The number of fused-ring (bicyclic) bond motifs is 1. The second-order valence-electron chi connectivity index (χ2n) is 6.84. The average Bonchev–Trinajstić information content (AvgIpc) is 2.69. The molecule has 0 saturated heterocycles. The molecule has 3 rings (SSSR count). The molecule has 2 aromatic carbocycles. The Morgan fingerprint density at radius 2 is 1.64 bits per heavy atom. The van der Waals surface area contributed by atoms with Crippen molar-refractivity contribution >= 4 is 28.4 Å². The Morgan fingerprint density at radius 3 is 2.29 bits per heavy atom. The molecule has 0 fully saturated rings. The van der Waals surface area contributed by atoms with Crippen molar-refractivity contribution in [1.82, 2.24) is 9.88 Å². The fourth-order valence-corrected chi connectivity index (χ4v) is 3.25. The Kier molecular flexibility index (Phi) is 5.73. The molecule has 0 aliphatic rings. The second kappa shape index (κ2) is 8.21. The highest BCUT2D eigenvalue weighted by molar-refractivity contribution is 6.12. The van der Waals surface area contributed by atoms with E-state index in [9.17, 15) is 9.59 Å². The zero-order valence-electron chi connectivity index (χ0n) is 16.7. The molecule has 0 aliphatic carbocycles. The van der Waals surface area contributed by atoms with E-state index in [-0.39, 0.29) is 11.8 Å². The molecule has 1 N–H and O–H groups in total. The molecule has 144 valence electrons. The molecule has 5 heteroatoms. The summed E-state index contributed by atoms with van der Waals surface area (Å²) in [6.07, 6.45) is 0. The highest BCUT2D eigenvalue weighted by atomic mass is 16.2. The Labute approximate surface area is 165 Å². The van der Waals surface area contributed by atoms with Gasteiger partial charge in [-0.1, -0.05) is 11.6 Å². The molecule has 0 saturated carbocycles. The minimum atomic E-state index is -0.191. The fourth-order valence-electron chi connectivity index (χ4n) is 3.25. The summed E-state index contributed by atoms with van der Waals surface area (Å²) < 4.78 is 0. The van der Waals surface area contributed by atoms with Crippen LogP contribution in [0.1, 0.15) is 45.8 Å². The SMILES string of the molecule is CCN(CC)C(=O)c1ccc(NC(=O)c2cc(C)nc3ccc(C)cc23)cc1. The zero-order chi connectivity index (χ0) is 20.3. The maximum absolute atomic E-state index is 12.9. The molecule has 0 spiro atoms. The lowest BCUT2D eigenvalue weighted by atomic mass is 10.0. The number of carbonyl (C=O) groups is 2. The number of amides is 2. The molecule has 0 aliphatic heterocycles. The molecule has 28 heavy (non-hydrogen) atoms. The fraction of sp³-hybridized carbons (Fsp3) is 0.261. The van der Waals surface area contributed by atoms with Crippen LogP contribution in [0.4, 0.5) is 5.69 Å².